The zero-order valence-corrected chi connectivity index (χ0v) is 8.43. The topological polar surface area (TPSA) is 72.5 Å². The van der Waals surface area contributed by atoms with Crippen LogP contribution >= 0.6 is 0 Å². The zero-order chi connectivity index (χ0) is 10.1. The van der Waals surface area contributed by atoms with Gasteiger partial charge in [0, 0.05) is 0 Å². The predicted molar refractivity (Wildman–Crippen MR) is 47.2 cm³/mol. The van der Waals surface area contributed by atoms with Crippen LogP contribution < -0.4 is 5.32 Å². The van der Waals surface area contributed by atoms with Gasteiger partial charge in [-0.25, -0.2) is 13.2 Å². The molecule has 1 aliphatic heterocycles. The average Bonchev–Trinajstić information content (AvgIpc) is 1.79. The Hall–Kier alpha value is -0.780. The quantitative estimate of drug-likeness (QED) is 0.687. The Morgan fingerprint density at radius 1 is 1.46 bits per heavy atom. The summed E-state index contributed by atoms with van der Waals surface area (Å²) < 4.78 is 26.2. The van der Waals surface area contributed by atoms with Crippen molar-refractivity contribution >= 4 is 15.9 Å². The molecular weight excluding hydrogens is 194 g/mol. The first-order valence-electron chi connectivity index (χ1n) is 4.06. The minimum absolute atomic E-state index is 0.0280. The van der Waals surface area contributed by atoms with E-state index < -0.39 is 15.9 Å². The van der Waals surface area contributed by atoms with E-state index in [1.165, 1.54) is 0 Å². The van der Waals surface area contributed by atoms with Crippen LogP contribution in [0.3, 0.4) is 0 Å². The lowest BCUT2D eigenvalue weighted by Gasteiger charge is -2.26. The monoisotopic (exact) mass is 207 g/mol. The molecule has 1 amide bonds. The van der Waals surface area contributed by atoms with Crippen LogP contribution in [0.2, 0.25) is 0 Å². The highest BCUT2D eigenvalue weighted by molar-refractivity contribution is 7.92. The highest BCUT2D eigenvalue weighted by Gasteiger charge is 2.34. The third kappa shape index (κ3) is 3.22. The molecule has 0 aromatic rings. The smallest absolute Gasteiger partial charge is 0.407 e. The highest BCUT2D eigenvalue weighted by atomic mass is 32.2. The van der Waals surface area contributed by atoms with E-state index in [1.54, 1.807) is 13.8 Å². The molecule has 1 saturated heterocycles. The number of rotatable bonds is 2. The highest BCUT2D eigenvalue weighted by Crippen LogP contribution is 2.10. The Morgan fingerprint density at radius 2 is 2.00 bits per heavy atom. The summed E-state index contributed by atoms with van der Waals surface area (Å²) in [5, 5.41) is 2.46. The summed E-state index contributed by atoms with van der Waals surface area (Å²) in [4.78, 5) is 10.9. The van der Waals surface area contributed by atoms with Gasteiger partial charge in [-0.05, 0) is 13.8 Å². The van der Waals surface area contributed by atoms with Crippen molar-refractivity contribution in [3.05, 3.63) is 0 Å². The van der Waals surface area contributed by atoms with Crippen LogP contribution in [0.4, 0.5) is 4.79 Å². The maximum atomic E-state index is 10.9. The molecule has 1 N–H and O–H groups in total. The van der Waals surface area contributed by atoms with Gasteiger partial charge in [-0.1, -0.05) is 0 Å². The number of carbonyl (C=O) groups excluding carboxylic acids is 1. The van der Waals surface area contributed by atoms with Gasteiger partial charge in [-0.3, -0.25) is 0 Å². The van der Waals surface area contributed by atoms with Crippen LogP contribution in [-0.4, -0.2) is 38.2 Å². The predicted octanol–water partition coefficient (Wildman–Crippen LogP) is -0.0820. The van der Waals surface area contributed by atoms with Crippen molar-refractivity contribution in [2.45, 2.75) is 26.0 Å². The molecule has 0 aromatic carbocycles. The number of ether oxygens (including phenoxy) is 1. The Morgan fingerprint density at radius 3 is 2.38 bits per heavy atom. The third-order valence-electron chi connectivity index (χ3n) is 1.57. The van der Waals surface area contributed by atoms with Crippen molar-refractivity contribution in [1.82, 2.24) is 5.32 Å². The van der Waals surface area contributed by atoms with E-state index in [9.17, 15) is 13.2 Å². The molecule has 0 radical (unpaired) electrons. The molecule has 0 aromatic heterocycles. The van der Waals surface area contributed by atoms with E-state index in [1.807, 2.05) is 0 Å². The Balaban J connectivity index is 2.24. The Kier molecular flexibility index (Phi) is 2.80. The summed E-state index contributed by atoms with van der Waals surface area (Å²) >= 11 is 0. The molecule has 0 bridgehead atoms. The largest absolute Gasteiger partial charge is 0.447 e. The van der Waals surface area contributed by atoms with E-state index in [2.05, 4.69) is 5.32 Å². The van der Waals surface area contributed by atoms with Crippen LogP contribution in [0.1, 0.15) is 13.8 Å². The van der Waals surface area contributed by atoms with Gasteiger partial charge in [-0.15, -0.1) is 0 Å². The number of sulfone groups is 1. The number of hydrogen-bond acceptors (Lipinski definition) is 4. The summed E-state index contributed by atoms with van der Waals surface area (Å²) in [5.41, 5.74) is 0. The van der Waals surface area contributed by atoms with Crippen LogP contribution in [-0.2, 0) is 14.6 Å². The molecule has 1 rings (SSSR count). The molecule has 76 valence electrons. The summed E-state index contributed by atoms with van der Waals surface area (Å²) in [6, 6.07) is -0.267. The fraction of sp³-hybridized carbons (Fsp3) is 0.857. The second-order valence-electron chi connectivity index (χ2n) is 3.37. The normalized spacial score (nSPS) is 20.8. The molecule has 13 heavy (non-hydrogen) atoms. The number of alkyl carbamates (subject to hydrolysis) is 1. The van der Waals surface area contributed by atoms with E-state index in [0.717, 1.165) is 0 Å². The van der Waals surface area contributed by atoms with Gasteiger partial charge in [0.1, 0.15) is 0 Å². The summed E-state index contributed by atoms with van der Waals surface area (Å²) in [6.07, 6.45) is -0.730. The molecule has 6 heteroatoms. The lowest BCUT2D eigenvalue weighted by molar-refractivity contribution is 0.113. The maximum absolute atomic E-state index is 10.9. The molecule has 0 spiro atoms. The first-order valence-corrected chi connectivity index (χ1v) is 5.89. The first kappa shape index (κ1) is 10.3. The van der Waals surface area contributed by atoms with Crippen LogP contribution in [0, 0.1) is 0 Å². The minimum Gasteiger partial charge on any atom is -0.447 e. The first-order chi connectivity index (χ1) is 5.89. The molecule has 5 nitrogen and oxygen atoms in total. The van der Waals surface area contributed by atoms with Crippen LogP contribution in [0.15, 0.2) is 0 Å². The van der Waals surface area contributed by atoms with Crippen molar-refractivity contribution in [3.8, 4) is 0 Å². The fourth-order valence-electron chi connectivity index (χ4n) is 1.06. The third-order valence-corrected chi connectivity index (χ3v) is 3.40. The number of nitrogens with one attached hydrogen (secondary N) is 1. The Labute approximate surface area is 77.4 Å². The molecule has 0 saturated carbocycles. The fourth-order valence-corrected chi connectivity index (χ4v) is 2.36. The Bertz CT molecular complexity index is 284. The van der Waals surface area contributed by atoms with Gasteiger partial charge in [-0.2, -0.15) is 0 Å². The van der Waals surface area contributed by atoms with Crippen molar-refractivity contribution in [1.29, 1.82) is 0 Å². The van der Waals surface area contributed by atoms with E-state index >= 15 is 0 Å². The standard InChI is InChI=1S/C7H13NO4S/c1-5(2)12-7(9)8-6-3-13(10,11)4-6/h5-6H,3-4H2,1-2H3,(H,8,9). The van der Waals surface area contributed by atoms with E-state index in [0.29, 0.717) is 0 Å². The van der Waals surface area contributed by atoms with Gasteiger partial charge in [0.25, 0.3) is 0 Å². The SMILES string of the molecule is CC(C)OC(=O)NC1CS(=O)(=O)C1. The second-order valence-corrected chi connectivity index (χ2v) is 5.53. The number of amides is 1. The van der Waals surface area contributed by atoms with Crippen molar-refractivity contribution < 1.29 is 17.9 Å². The van der Waals surface area contributed by atoms with Crippen molar-refractivity contribution in [3.63, 3.8) is 0 Å². The maximum Gasteiger partial charge on any atom is 0.407 e. The van der Waals surface area contributed by atoms with Crippen molar-refractivity contribution in [2.75, 3.05) is 11.5 Å². The van der Waals surface area contributed by atoms with Gasteiger partial charge in [0.15, 0.2) is 9.84 Å². The van der Waals surface area contributed by atoms with Crippen LogP contribution in [0.5, 0.6) is 0 Å². The molecule has 0 unspecified atom stereocenters. The second kappa shape index (κ2) is 3.53. The lowest BCUT2D eigenvalue weighted by atomic mass is 10.4. The molecule has 0 aliphatic carbocycles. The minimum atomic E-state index is -2.88. The summed E-state index contributed by atoms with van der Waals surface area (Å²) in [6.45, 7) is 3.47. The molecule has 1 heterocycles. The zero-order valence-electron chi connectivity index (χ0n) is 7.61. The van der Waals surface area contributed by atoms with E-state index in [-0.39, 0.29) is 23.7 Å². The lowest BCUT2D eigenvalue weighted by Crippen LogP contribution is -2.53. The summed E-state index contributed by atoms with van der Waals surface area (Å²) in [7, 11) is -2.88. The molecular formula is C7H13NO4S. The number of hydrogen-bond donors (Lipinski definition) is 1. The molecule has 1 fully saturated rings. The molecule has 1 aliphatic rings. The van der Waals surface area contributed by atoms with Crippen molar-refractivity contribution in [2.24, 2.45) is 0 Å². The van der Waals surface area contributed by atoms with Gasteiger partial charge >= 0.3 is 6.09 Å². The average molecular weight is 207 g/mol. The van der Waals surface area contributed by atoms with Gasteiger partial charge in [0.05, 0.1) is 23.7 Å². The summed E-state index contributed by atoms with van der Waals surface area (Å²) in [5.74, 6) is 0.0559. The van der Waals surface area contributed by atoms with Gasteiger partial charge < -0.3 is 10.1 Å². The number of carbonyl (C=O) groups is 1. The van der Waals surface area contributed by atoms with E-state index in [4.69, 9.17) is 4.74 Å². The van der Waals surface area contributed by atoms with Crippen LogP contribution in [0.25, 0.3) is 0 Å². The van der Waals surface area contributed by atoms with Gasteiger partial charge in [0.2, 0.25) is 0 Å². The molecule has 0 atom stereocenters.